The maximum absolute atomic E-state index is 12.2. The first-order valence-corrected chi connectivity index (χ1v) is 10.6. The maximum atomic E-state index is 12.2. The van der Waals surface area contributed by atoms with Crippen LogP contribution in [0.3, 0.4) is 0 Å². The van der Waals surface area contributed by atoms with Crippen LogP contribution in [-0.4, -0.2) is 23.7 Å². The first-order chi connectivity index (χ1) is 14.5. The first kappa shape index (κ1) is 21.8. The van der Waals surface area contributed by atoms with Crippen LogP contribution in [-0.2, 0) is 6.61 Å². The van der Waals surface area contributed by atoms with E-state index in [0.29, 0.717) is 40.3 Å². The quantitative estimate of drug-likeness (QED) is 0.385. The highest BCUT2D eigenvalue weighted by Gasteiger charge is 2.13. The lowest BCUT2D eigenvalue weighted by atomic mass is 10.2. The molecule has 2 aromatic carbocycles. The topological polar surface area (TPSA) is 72.8 Å². The highest BCUT2D eigenvalue weighted by Crippen LogP contribution is 2.29. The molecule has 0 unspecified atom stereocenters. The SMILES string of the molecule is CCOc1cc(/C=N/NC(=O)c2sc(C)nc2C)ccc1OCc1cccc(Cl)c1. The zero-order valence-corrected chi connectivity index (χ0v) is 18.5. The lowest BCUT2D eigenvalue weighted by Gasteiger charge is -2.12. The van der Waals surface area contributed by atoms with Crippen LogP contribution in [0, 0.1) is 13.8 Å². The number of carbonyl (C=O) groups is 1. The molecule has 1 aromatic heterocycles. The molecule has 0 bridgehead atoms. The van der Waals surface area contributed by atoms with Crippen molar-refractivity contribution in [1.29, 1.82) is 0 Å². The van der Waals surface area contributed by atoms with E-state index in [4.69, 9.17) is 21.1 Å². The average Bonchev–Trinajstić information content (AvgIpc) is 3.06. The fourth-order valence-electron chi connectivity index (χ4n) is 2.74. The fourth-order valence-corrected chi connectivity index (χ4v) is 3.76. The molecule has 0 fully saturated rings. The van der Waals surface area contributed by atoms with E-state index in [-0.39, 0.29) is 5.91 Å². The Kier molecular flexibility index (Phi) is 7.43. The summed E-state index contributed by atoms with van der Waals surface area (Å²) < 4.78 is 11.6. The molecule has 0 atom stereocenters. The summed E-state index contributed by atoms with van der Waals surface area (Å²) in [6, 6.07) is 13.0. The number of carbonyl (C=O) groups excluding carboxylic acids is 1. The molecule has 156 valence electrons. The number of benzene rings is 2. The third-order valence-corrected chi connectivity index (χ3v) is 5.35. The Labute approximate surface area is 184 Å². The van der Waals surface area contributed by atoms with Crippen LogP contribution in [0.15, 0.2) is 47.6 Å². The van der Waals surface area contributed by atoms with Gasteiger partial charge in [-0.1, -0.05) is 23.7 Å². The number of ether oxygens (including phenoxy) is 2. The van der Waals surface area contributed by atoms with Crippen molar-refractivity contribution in [2.24, 2.45) is 5.10 Å². The van der Waals surface area contributed by atoms with E-state index >= 15 is 0 Å². The molecular weight excluding hydrogens is 422 g/mol. The Balaban J connectivity index is 1.67. The summed E-state index contributed by atoms with van der Waals surface area (Å²) in [4.78, 5) is 17.0. The first-order valence-electron chi connectivity index (χ1n) is 9.37. The lowest BCUT2D eigenvalue weighted by molar-refractivity contribution is 0.0958. The number of hydrazone groups is 1. The van der Waals surface area contributed by atoms with Gasteiger partial charge in [0, 0.05) is 5.02 Å². The van der Waals surface area contributed by atoms with Crippen molar-refractivity contribution in [1.82, 2.24) is 10.4 Å². The molecule has 1 amide bonds. The molecule has 3 aromatic rings. The summed E-state index contributed by atoms with van der Waals surface area (Å²) in [5, 5.41) is 5.55. The molecule has 0 saturated heterocycles. The van der Waals surface area contributed by atoms with E-state index in [0.717, 1.165) is 16.1 Å². The number of thiazole rings is 1. The van der Waals surface area contributed by atoms with E-state index in [1.165, 1.54) is 11.3 Å². The van der Waals surface area contributed by atoms with E-state index in [9.17, 15) is 4.79 Å². The predicted molar refractivity (Wildman–Crippen MR) is 120 cm³/mol. The van der Waals surface area contributed by atoms with Crippen LogP contribution in [0.25, 0.3) is 0 Å². The number of aromatic nitrogens is 1. The minimum atomic E-state index is -0.277. The van der Waals surface area contributed by atoms with Crippen LogP contribution in [0.5, 0.6) is 11.5 Å². The molecule has 8 heteroatoms. The minimum Gasteiger partial charge on any atom is -0.490 e. The van der Waals surface area contributed by atoms with Crippen LogP contribution in [0.1, 0.15) is 38.4 Å². The van der Waals surface area contributed by atoms with Gasteiger partial charge in [-0.15, -0.1) is 11.3 Å². The number of aryl methyl sites for hydroxylation is 2. The van der Waals surface area contributed by atoms with Gasteiger partial charge >= 0.3 is 0 Å². The van der Waals surface area contributed by atoms with Gasteiger partial charge in [0.1, 0.15) is 11.5 Å². The molecule has 0 spiro atoms. The normalized spacial score (nSPS) is 10.9. The van der Waals surface area contributed by atoms with Crippen molar-refractivity contribution < 1.29 is 14.3 Å². The molecule has 0 radical (unpaired) electrons. The molecule has 0 aliphatic rings. The second-order valence-corrected chi connectivity index (χ2v) is 8.04. The van der Waals surface area contributed by atoms with E-state index < -0.39 is 0 Å². The lowest BCUT2D eigenvalue weighted by Crippen LogP contribution is -2.17. The minimum absolute atomic E-state index is 0.277. The van der Waals surface area contributed by atoms with Gasteiger partial charge in [-0.2, -0.15) is 5.10 Å². The summed E-state index contributed by atoms with van der Waals surface area (Å²) in [5.74, 6) is 0.943. The molecular formula is C22H22ClN3O3S. The number of rotatable bonds is 8. The third kappa shape index (κ3) is 5.81. The number of halogens is 1. The Morgan fingerprint density at radius 3 is 2.73 bits per heavy atom. The van der Waals surface area contributed by atoms with Gasteiger partial charge in [0.15, 0.2) is 11.5 Å². The second kappa shape index (κ2) is 10.2. The Morgan fingerprint density at radius 2 is 2.03 bits per heavy atom. The summed E-state index contributed by atoms with van der Waals surface area (Å²) in [7, 11) is 0. The summed E-state index contributed by atoms with van der Waals surface area (Å²) in [6.07, 6.45) is 1.56. The van der Waals surface area contributed by atoms with Crippen molar-refractivity contribution in [3.8, 4) is 11.5 Å². The van der Waals surface area contributed by atoms with E-state index in [1.807, 2.05) is 56.3 Å². The molecule has 6 nitrogen and oxygen atoms in total. The highest BCUT2D eigenvalue weighted by molar-refractivity contribution is 7.13. The van der Waals surface area contributed by atoms with Gasteiger partial charge in [0.05, 0.1) is 23.5 Å². The van der Waals surface area contributed by atoms with E-state index in [2.05, 4.69) is 15.5 Å². The highest BCUT2D eigenvalue weighted by atomic mass is 35.5. The van der Waals surface area contributed by atoms with Gasteiger partial charge in [-0.25, -0.2) is 10.4 Å². The number of hydrogen-bond donors (Lipinski definition) is 1. The Bertz CT molecular complexity index is 1070. The zero-order valence-electron chi connectivity index (χ0n) is 16.9. The fraction of sp³-hybridized carbons (Fsp3) is 0.227. The Morgan fingerprint density at radius 1 is 1.20 bits per heavy atom. The van der Waals surface area contributed by atoms with Crippen LogP contribution < -0.4 is 14.9 Å². The molecule has 1 heterocycles. The standard InChI is InChI=1S/C22H22ClN3O3S/c1-4-28-20-11-16(12-24-26-22(27)21-14(2)25-15(3)30-21)8-9-19(20)29-13-17-6-5-7-18(23)10-17/h5-12H,4,13H2,1-3H3,(H,26,27)/b24-12+. The van der Waals surface area contributed by atoms with Crippen LogP contribution >= 0.6 is 22.9 Å². The van der Waals surface area contributed by atoms with Crippen molar-refractivity contribution in [2.75, 3.05) is 6.61 Å². The van der Waals surface area contributed by atoms with Crippen molar-refractivity contribution in [2.45, 2.75) is 27.4 Å². The molecule has 0 aliphatic heterocycles. The predicted octanol–water partition coefficient (Wildman–Crippen LogP) is 5.15. The summed E-state index contributed by atoms with van der Waals surface area (Å²) in [6.45, 7) is 6.44. The monoisotopic (exact) mass is 443 g/mol. The number of nitrogens with zero attached hydrogens (tertiary/aromatic N) is 2. The number of hydrogen-bond acceptors (Lipinski definition) is 6. The summed E-state index contributed by atoms with van der Waals surface area (Å²) in [5.41, 5.74) is 4.97. The number of nitrogens with one attached hydrogen (secondary N) is 1. The third-order valence-electron chi connectivity index (χ3n) is 4.04. The summed E-state index contributed by atoms with van der Waals surface area (Å²) >= 11 is 7.36. The molecule has 0 aliphatic carbocycles. The van der Waals surface area contributed by atoms with E-state index in [1.54, 1.807) is 13.1 Å². The molecule has 0 saturated carbocycles. The van der Waals surface area contributed by atoms with Crippen LogP contribution in [0.2, 0.25) is 5.02 Å². The van der Waals surface area contributed by atoms with Crippen LogP contribution in [0.4, 0.5) is 0 Å². The largest absolute Gasteiger partial charge is 0.490 e. The van der Waals surface area contributed by atoms with Gasteiger partial charge in [0.2, 0.25) is 0 Å². The van der Waals surface area contributed by atoms with Crippen molar-refractivity contribution in [3.63, 3.8) is 0 Å². The van der Waals surface area contributed by atoms with Crippen molar-refractivity contribution >= 4 is 35.1 Å². The van der Waals surface area contributed by atoms with Crippen molar-refractivity contribution in [3.05, 3.63) is 74.2 Å². The Hall–Kier alpha value is -2.90. The van der Waals surface area contributed by atoms with Gasteiger partial charge < -0.3 is 9.47 Å². The second-order valence-electron chi connectivity index (χ2n) is 6.40. The zero-order chi connectivity index (χ0) is 21.5. The maximum Gasteiger partial charge on any atom is 0.283 e. The van der Waals surface area contributed by atoms with Gasteiger partial charge in [0.25, 0.3) is 5.91 Å². The van der Waals surface area contributed by atoms with Gasteiger partial charge in [-0.05, 0) is 62.2 Å². The molecule has 30 heavy (non-hydrogen) atoms. The number of amides is 1. The average molecular weight is 444 g/mol. The molecule has 3 rings (SSSR count). The molecule has 1 N–H and O–H groups in total. The van der Waals surface area contributed by atoms with Gasteiger partial charge in [-0.3, -0.25) is 4.79 Å². The smallest absolute Gasteiger partial charge is 0.283 e.